The van der Waals surface area contributed by atoms with Crippen molar-refractivity contribution in [3.05, 3.63) is 0 Å². The summed E-state index contributed by atoms with van der Waals surface area (Å²) in [5.74, 6) is -17.2. The summed E-state index contributed by atoms with van der Waals surface area (Å²) >= 11 is 0. The van der Waals surface area contributed by atoms with E-state index in [9.17, 15) is 48.3 Å². The van der Waals surface area contributed by atoms with Crippen molar-refractivity contribution in [2.45, 2.75) is 43.4 Å². The van der Waals surface area contributed by atoms with Crippen molar-refractivity contribution < 1.29 is 53.0 Å². The average molecular weight is 328 g/mol. The number of ether oxygens (including phenoxy) is 1. The molecule has 0 unspecified atom stereocenters. The predicted octanol–water partition coefficient (Wildman–Crippen LogP) is 4.47. The molecule has 0 aliphatic carbocycles. The van der Waals surface area contributed by atoms with Crippen LogP contribution in [0.2, 0.25) is 0 Å². The van der Waals surface area contributed by atoms with Gasteiger partial charge >= 0.3 is 30.1 Å². The van der Waals surface area contributed by atoms with E-state index in [1.54, 1.807) is 0 Å². The molecule has 0 aromatic rings. The van der Waals surface area contributed by atoms with Crippen LogP contribution in [0.4, 0.5) is 48.3 Å². The average Bonchev–Trinajstić information content (AvgIpc) is 2.09. The Bertz CT molecular complexity index is 326. The van der Waals surface area contributed by atoms with E-state index in [2.05, 4.69) is 4.74 Å². The maximum absolute atomic E-state index is 12.7. The van der Waals surface area contributed by atoms with Crippen molar-refractivity contribution in [2.24, 2.45) is 0 Å². The lowest BCUT2D eigenvalue weighted by atomic mass is 10.1. The number of hydrogen-bond donors (Lipinski definition) is 0. The number of rotatable bonds is 6. The van der Waals surface area contributed by atoms with E-state index < -0.39 is 50.0 Å². The molecular weight excluding hydrogens is 321 g/mol. The number of hydrogen-bond acceptors (Lipinski definition) is 1. The Morgan fingerprint density at radius 3 is 1.45 bits per heavy atom. The first kappa shape index (κ1) is 19.2. The van der Waals surface area contributed by atoms with Gasteiger partial charge in [0.15, 0.2) is 0 Å². The lowest BCUT2D eigenvalue weighted by Gasteiger charge is -2.31. The van der Waals surface area contributed by atoms with Crippen molar-refractivity contribution in [3.63, 3.8) is 0 Å². The van der Waals surface area contributed by atoms with Crippen LogP contribution in [-0.2, 0) is 4.74 Å². The van der Waals surface area contributed by atoms with Gasteiger partial charge in [0, 0.05) is 6.92 Å². The van der Waals surface area contributed by atoms with E-state index in [0.717, 1.165) is 0 Å². The van der Waals surface area contributed by atoms with E-state index >= 15 is 0 Å². The second kappa shape index (κ2) is 5.19. The summed E-state index contributed by atoms with van der Waals surface area (Å²) in [5.41, 5.74) is 0. The van der Waals surface area contributed by atoms with Crippen molar-refractivity contribution in [1.29, 1.82) is 0 Å². The van der Waals surface area contributed by atoms with E-state index in [1.165, 1.54) is 0 Å². The van der Waals surface area contributed by atoms with E-state index in [1.807, 2.05) is 0 Å². The normalized spacial score (nSPS) is 15.6. The molecule has 0 aliphatic heterocycles. The minimum atomic E-state index is -6.08. The fourth-order valence-corrected chi connectivity index (χ4v) is 0.892. The standard InChI is InChI=1S/C8H7F11O/c1-4(9,10)8(18,19)5(11,12)3-20-7(16,17)2-6(13,14)15/h2-3H2,1H3. The zero-order valence-corrected chi connectivity index (χ0v) is 9.48. The fourth-order valence-electron chi connectivity index (χ4n) is 0.892. The Hall–Kier alpha value is -0.810. The molecule has 12 heteroatoms. The second-order valence-electron chi connectivity index (χ2n) is 3.89. The van der Waals surface area contributed by atoms with Gasteiger partial charge in [0.25, 0.3) is 0 Å². The third-order valence-electron chi connectivity index (χ3n) is 1.88. The third-order valence-corrected chi connectivity index (χ3v) is 1.88. The van der Waals surface area contributed by atoms with Gasteiger partial charge in [-0.1, -0.05) is 0 Å². The van der Waals surface area contributed by atoms with Crippen LogP contribution in [0, 0.1) is 0 Å². The summed E-state index contributed by atoms with van der Waals surface area (Å²) in [5, 5.41) is 0. The maximum atomic E-state index is 12.7. The van der Waals surface area contributed by atoms with Crippen LogP contribution in [-0.4, -0.2) is 36.7 Å². The SMILES string of the molecule is CC(F)(F)C(F)(F)C(F)(F)COC(F)(F)CC(F)(F)F. The highest BCUT2D eigenvalue weighted by Crippen LogP contribution is 2.46. The molecule has 0 spiro atoms. The number of halogens is 11. The quantitative estimate of drug-likeness (QED) is 0.654. The van der Waals surface area contributed by atoms with Crippen molar-refractivity contribution in [2.75, 3.05) is 6.61 Å². The molecule has 0 bridgehead atoms. The molecule has 0 aromatic heterocycles. The Labute approximate surface area is 104 Å². The first-order chi connectivity index (χ1) is 8.41. The minimum Gasteiger partial charge on any atom is -0.314 e. The topological polar surface area (TPSA) is 9.23 Å². The number of alkyl halides is 11. The molecule has 0 atom stereocenters. The molecule has 1 nitrogen and oxygen atoms in total. The lowest BCUT2D eigenvalue weighted by molar-refractivity contribution is -0.352. The van der Waals surface area contributed by atoms with Gasteiger partial charge in [0.1, 0.15) is 13.0 Å². The van der Waals surface area contributed by atoms with Gasteiger partial charge in [-0.3, -0.25) is 0 Å². The van der Waals surface area contributed by atoms with E-state index in [0.29, 0.717) is 0 Å². The van der Waals surface area contributed by atoms with Gasteiger partial charge in [0.2, 0.25) is 0 Å². The van der Waals surface area contributed by atoms with Gasteiger partial charge < -0.3 is 4.74 Å². The predicted molar refractivity (Wildman–Crippen MR) is 42.1 cm³/mol. The Morgan fingerprint density at radius 1 is 0.750 bits per heavy atom. The van der Waals surface area contributed by atoms with Gasteiger partial charge in [-0.15, -0.1) is 0 Å². The Morgan fingerprint density at radius 2 is 1.15 bits per heavy atom. The summed E-state index contributed by atoms with van der Waals surface area (Å²) in [6.45, 7) is -3.61. The van der Waals surface area contributed by atoms with Gasteiger partial charge in [0.05, 0.1) is 0 Å². The molecule has 0 aromatic carbocycles. The smallest absolute Gasteiger partial charge is 0.314 e. The molecular formula is C8H7F11O. The molecule has 0 radical (unpaired) electrons. The largest absolute Gasteiger partial charge is 0.397 e. The molecule has 0 N–H and O–H groups in total. The summed E-state index contributed by atoms with van der Waals surface area (Å²) < 4.78 is 137. The molecule has 0 saturated carbocycles. The van der Waals surface area contributed by atoms with Gasteiger partial charge in [-0.25, -0.2) is 0 Å². The molecule has 0 rings (SSSR count). The summed E-state index contributed by atoms with van der Waals surface area (Å²) in [7, 11) is 0. The molecule has 20 heavy (non-hydrogen) atoms. The third kappa shape index (κ3) is 4.94. The van der Waals surface area contributed by atoms with Crippen LogP contribution in [0.3, 0.4) is 0 Å². The zero-order valence-electron chi connectivity index (χ0n) is 9.48. The monoisotopic (exact) mass is 328 g/mol. The summed E-state index contributed by atoms with van der Waals surface area (Å²) in [6, 6.07) is 0. The van der Waals surface area contributed by atoms with Crippen LogP contribution in [0.25, 0.3) is 0 Å². The van der Waals surface area contributed by atoms with E-state index in [-0.39, 0.29) is 0 Å². The van der Waals surface area contributed by atoms with Crippen LogP contribution < -0.4 is 0 Å². The van der Waals surface area contributed by atoms with Crippen LogP contribution in [0.1, 0.15) is 13.3 Å². The first-order valence-corrected chi connectivity index (χ1v) is 4.63. The highest BCUT2D eigenvalue weighted by molar-refractivity contribution is 4.94. The second-order valence-corrected chi connectivity index (χ2v) is 3.89. The van der Waals surface area contributed by atoms with Crippen LogP contribution >= 0.6 is 0 Å². The summed E-state index contributed by atoms with van der Waals surface area (Å²) in [6.07, 6.45) is -13.8. The molecule has 0 aliphatic rings. The van der Waals surface area contributed by atoms with Crippen molar-refractivity contribution in [1.82, 2.24) is 0 Å². The van der Waals surface area contributed by atoms with Crippen molar-refractivity contribution in [3.8, 4) is 0 Å². The first-order valence-electron chi connectivity index (χ1n) is 4.63. The zero-order chi connectivity index (χ0) is 16.6. The van der Waals surface area contributed by atoms with E-state index in [4.69, 9.17) is 0 Å². The fraction of sp³-hybridized carbons (Fsp3) is 1.00. The minimum absolute atomic E-state index is 0.602. The molecule has 122 valence electrons. The molecule has 0 fully saturated rings. The molecule has 0 saturated heterocycles. The lowest BCUT2D eigenvalue weighted by Crippen LogP contribution is -2.55. The van der Waals surface area contributed by atoms with Gasteiger partial charge in [-0.05, 0) is 0 Å². The maximum Gasteiger partial charge on any atom is 0.397 e. The van der Waals surface area contributed by atoms with Gasteiger partial charge in [-0.2, -0.15) is 48.3 Å². The molecule has 0 heterocycles. The Kier molecular flexibility index (Phi) is 4.98. The molecule has 0 amide bonds. The van der Waals surface area contributed by atoms with Crippen LogP contribution in [0.5, 0.6) is 0 Å². The Balaban J connectivity index is 4.88. The summed E-state index contributed by atoms with van der Waals surface area (Å²) in [4.78, 5) is 0. The van der Waals surface area contributed by atoms with Crippen LogP contribution in [0.15, 0.2) is 0 Å². The highest BCUT2D eigenvalue weighted by Gasteiger charge is 2.69. The highest BCUT2D eigenvalue weighted by atomic mass is 19.4. The van der Waals surface area contributed by atoms with Crippen molar-refractivity contribution >= 4 is 0 Å².